The van der Waals surface area contributed by atoms with Crippen LogP contribution in [0.1, 0.15) is 45.5 Å². The Balaban J connectivity index is 1.72. The van der Waals surface area contributed by atoms with Crippen LogP contribution in [-0.2, 0) is 39.8 Å². The van der Waals surface area contributed by atoms with Crippen LogP contribution in [0.15, 0.2) is 91.0 Å². The number of hydrogen-bond donors (Lipinski definition) is 1. The van der Waals surface area contributed by atoms with Crippen LogP contribution in [-0.4, -0.2) is 82.9 Å². The summed E-state index contributed by atoms with van der Waals surface area (Å²) in [4.78, 5) is 40.1. The zero-order valence-corrected chi connectivity index (χ0v) is 30.8. The second-order valence-electron chi connectivity index (χ2n) is 12.0. The van der Waals surface area contributed by atoms with Gasteiger partial charge in [0.25, 0.3) is 3.79 Å². The molecule has 0 amide bonds. The van der Waals surface area contributed by atoms with Crippen LogP contribution in [0.25, 0.3) is 0 Å². The number of carbonyl (C=O) groups excluding carboxylic acids is 3. The number of halogens is 10. The van der Waals surface area contributed by atoms with Crippen LogP contribution in [0.4, 0.5) is 30.7 Å². The van der Waals surface area contributed by atoms with Crippen LogP contribution in [0.3, 0.4) is 0 Å². The average molecular weight is 861 g/mol. The molecule has 4 rings (SSSR count). The molecule has 0 radical (unpaired) electrons. The number of hydrogen-bond acceptors (Lipinski definition) is 10. The fourth-order valence-electron chi connectivity index (χ4n) is 5.12. The summed E-state index contributed by atoms with van der Waals surface area (Å²) in [6, 6.07) is 22.9. The smallest absolute Gasteiger partial charge is 0.455 e. The Bertz CT molecular complexity index is 1790. The van der Waals surface area contributed by atoms with E-state index in [-0.39, 0.29) is 17.7 Å². The summed E-state index contributed by atoms with van der Waals surface area (Å²) in [6.07, 6.45) is -20.5. The van der Waals surface area contributed by atoms with Crippen LogP contribution in [0.5, 0.6) is 0 Å². The van der Waals surface area contributed by atoms with Gasteiger partial charge in [0.2, 0.25) is 18.3 Å². The van der Waals surface area contributed by atoms with E-state index in [0.717, 1.165) is 0 Å². The third-order valence-corrected chi connectivity index (χ3v) is 8.45. The number of carbonyl (C=O) groups is 3. The summed E-state index contributed by atoms with van der Waals surface area (Å²) in [5.41, 5.74) is 0.503. The fourth-order valence-corrected chi connectivity index (χ4v) is 5.25. The molecule has 1 aliphatic heterocycles. The number of nitrogens with one attached hydrogen (secondary N) is 1. The Labute approximate surface area is 329 Å². The van der Waals surface area contributed by atoms with Crippen molar-refractivity contribution in [3.63, 3.8) is 0 Å². The van der Waals surface area contributed by atoms with E-state index in [1.807, 2.05) is 0 Å². The molecular formula is C36H31Cl3F7NO9. The van der Waals surface area contributed by atoms with Gasteiger partial charge in [-0.1, -0.05) is 102 Å². The largest absolute Gasteiger partial charge is 0.459 e. The molecule has 5 atom stereocenters. The van der Waals surface area contributed by atoms with E-state index in [9.17, 15) is 45.1 Å². The summed E-state index contributed by atoms with van der Waals surface area (Å²) in [7, 11) is 0. The average Bonchev–Trinajstić information content (AvgIpc) is 3.14. The van der Waals surface area contributed by atoms with Gasteiger partial charge in [-0.3, -0.25) is 10.2 Å². The third-order valence-electron chi connectivity index (χ3n) is 7.94. The first-order chi connectivity index (χ1) is 26.2. The van der Waals surface area contributed by atoms with E-state index in [2.05, 4.69) is 0 Å². The monoisotopic (exact) mass is 859 g/mol. The lowest BCUT2D eigenvalue weighted by Crippen LogP contribution is -2.63. The molecule has 56 heavy (non-hydrogen) atoms. The van der Waals surface area contributed by atoms with Crippen molar-refractivity contribution in [3.8, 4) is 0 Å². The Hall–Kier alpha value is -4.16. The van der Waals surface area contributed by atoms with E-state index >= 15 is 0 Å². The van der Waals surface area contributed by atoms with Crippen molar-refractivity contribution in [3.05, 3.63) is 108 Å². The molecule has 3 aromatic rings. The van der Waals surface area contributed by atoms with Crippen molar-refractivity contribution in [2.45, 2.75) is 78.4 Å². The lowest BCUT2D eigenvalue weighted by molar-refractivity contribution is -0.355. The highest BCUT2D eigenvalue weighted by molar-refractivity contribution is 6.76. The van der Waals surface area contributed by atoms with Crippen LogP contribution in [0.2, 0.25) is 0 Å². The molecule has 0 bridgehead atoms. The van der Waals surface area contributed by atoms with Gasteiger partial charge in [0.1, 0.15) is 6.10 Å². The molecule has 1 aliphatic rings. The molecule has 10 nitrogen and oxygen atoms in total. The van der Waals surface area contributed by atoms with Gasteiger partial charge in [0.05, 0.1) is 24.3 Å². The standard InChI is InChI=1S/C36H31Cl3F7NO9/c37-34(38,39)32(47)56-31-28(55-30(50)23-15-8-3-9-16-23)27(54-29(49)22-13-6-2-7-14-22)26(24(52-31)20-51-19-21-11-4-1-5-12-21)53-25(48)17-10-18-33(40,41)35(42,43)36(44,45)46/h1-9,11-16,24,26-28,31,47H,10,17-20H2/t24-,26+,27+,28-,31-/m1/s1. The van der Waals surface area contributed by atoms with Crippen molar-refractivity contribution in [2.75, 3.05) is 6.61 Å². The number of ether oxygens (including phenoxy) is 6. The maximum Gasteiger partial charge on any atom is 0.459 e. The molecule has 0 saturated carbocycles. The minimum atomic E-state index is -6.59. The van der Waals surface area contributed by atoms with Gasteiger partial charge in [-0.2, -0.15) is 30.7 Å². The summed E-state index contributed by atoms with van der Waals surface area (Å²) in [6.45, 7) is -0.650. The highest BCUT2D eigenvalue weighted by Gasteiger charge is 2.72. The van der Waals surface area contributed by atoms with Crippen molar-refractivity contribution in [1.82, 2.24) is 0 Å². The molecule has 0 aromatic heterocycles. The summed E-state index contributed by atoms with van der Waals surface area (Å²) < 4.78 is 125. The molecule has 0 unspecified atom stereocenters. The molecule has 0 aliphatic carbocycles. The first-order valence-corrected chi connectivity index (χ1v) is 17.5. The zero-order chi connectivity index (χ0) is 41.3. The van der Waals surface area contributed by atoms with Gasteiger partial charge in [-0.15, -0.1) is 0 Å². The molecule has 3 aromatic carbocycles. The molecule has 1 saturated heterocycles. The summed E-state index contributed by atoms with van der Waals surface area (Å²) in [5, 5.41) is 8.20. The van der Waals surface area contributed by atoms with Gasteiger partial charge < -0.3 is 28.4 Å². The maximum absolute atomic E-state index is 14.0. The molecule has 0 spiro atoms. The van der Waals surface area contributed by atoms with Gasteiger partial charge in [0.15, 0.2) is 12.2 Å². The molecule has 1 heterocycles. The van der Waals surface area contributed by atoms with Crippen molar-refractivity contribution < 1.29 is 73.5 Å². The Morgan fingerprint density at radius 1 is 0.679 bits per heavy atom. The van der Waals surface area contributed by atoms with Gasteiger partial charge in [-0.25, -0.2) is 9.59 Å². The lowest BCUT2D eigenvalue weighted by atomic mass is 9.97. The van der Waals surface area contributed by atoms with Crippen molar-refractivity contribution in [1.29, 1.82) is 5.41 Å². The van der Waals surface area contributed by atoms with Gasteiger partial charge >= 0.3 is 35.9 Å². The van der Waals surface area contributed by atoms with Gasteiger partial charge in [-0.05, 0) is 36.2 Å². The minimum Gasteiger partial charge on any atom is -0.455 e. The quantitative estimate of drug-likeness (QED) is 0.0399. The van der Waals surface area contributed by atoms with E-state index in [1.165, 1.54) is 48.5 Å². The highest BCUT2D eigenvalue weighted by Crippen LogP contribution is 2.48. The second-order valence-corrected chi connectivity index (χ2v) is 14.3. The van der Waals surface area contributed by atoms with Gasteiger partial charge in [0, 0.05) is 12.8 Å². The summed E-state index contributed by atoms with van der Waals surface area (Å²) in [5.74, 6) is -16.7. The van der Waals surface area contributed by atoms with Crippen molar-refractivity contribution >= 4 is 58.6 Å². The first-order valence-electron chi connectivity index (χ1n) is 16.3. The number of rotatable bonds is 15. The SMILES string of the molecule is N=C(O[C@H]1O[C@H](COCc2ccccc2)[C@H](OC(=O)CCCC(F)(F)C(F)(F)C(F)(F)F)[C@H](OC(=O)c2ccccc2)[C@H]1OC(=O)c1ccccc1)C(Cl)(Cl)Cl. The van der Waals surface area contributed by atoms with E-state index in [1.54, 1.807) is 42.5 Å². The predicted molar refractivity (Wildman–Crippen MR) is 185 cm³/mol. The maximum atomic E-state index is 14.0. The minimum absolute atomic E-state index is 0.0608. The Kier molecular flexibility index (Phi) is 15.0. The molecule has 304 valence electrons. The van der Waals surface area contributed by atoms with Crippen molar-refractivity contribution in [2.24, 2.45) is 0 Å². The second kappa shape index (κ2) is 18.9. The van der Waals surface area contributed by atoms with E-state index in [4.69, 9.17) is 68.6 Å². The topological polar surface area (TPSA) is 130 Å². The molecule has 20 heteroatoms. The fraction of sp³-hybridized carbons (Fsp3) is 0.389. The Morgan fingerprint density at radius 2 is 1.18 bits per heavy atom. The first kappa shape index (κ1) is 44.6. The molecule has 1 fully saturated rings. The molecule has 1 N–H and O–H groups in total. The predicted octanol–water partition coefficient (Wildman–Crippen LogP) is 8.66. The normalized spacial score (nSPS) is 20.4. The highest BCUT2D eigenvalue weighted by atomic mass is 35.6. The third kappa shape index (κ3) is 11.7. The number of benzene rings is 3. The number of alkyl halides is 10. The van der Waals surface area contributed by atoms with E-state index in [0.29, 0.717) is 5.56 Å². The zero-order valence-electron chi connectivity index (χ0n) is 28.5. The lowest BCUT2D eigenvalue weighted by Gasteiger charge is -2.44. The van der Waals surface area contributed by atoms with Crippen LogP contribution >= 0.6 is 34.8 Å². The number of esters is 3. The molecular weight excluding hydrogens is 830 g/mol. The van der Waals surface area contributed by atoms with Crippen LogP contribution < -0.4 is 0 Å². The Morgan fingerprint density at radius 3 is 1.68 bits per heavy atom. The van der Waals surface area contributed by atoms with E-state index < -0.39 is 102 Å². The van der Waals surface area contributed by atoms with Crippen LogP contribution in [0, 0.1) is 5.41 Å². The summed E-state index contributed by atoms with van der Waals surface area (Å²) >= 11 is 17.5.